The van der Waals surface area contributed by atoms with E-state index in [1.54, 1.807) is 0 Å². The summed E-state index contributed by atoms with van der Waals surface area (Å²) < 4.78 is 1.97. The van der Waals surface area contributed by atoms with E-state index < -0.39 is 0 Å². The number of rotatable bonds is 5. The summed E-state index contributed by atoms with van der Waals surface area (Å²) in [5.74, 6) is 0. The third-order valence-corrected chi connectivity index (χ3v) is 3.05. The average Bonchev–Trinajstić information content (AvgIpc) is 2.72. The topological polar surface area (TPSA) is 55.9 Å². The molecule has 4 nitrogen and oxygen atoms in total. The number of aromatic nitrogens is 2. The normalized spacial score (nSPS) is 10.6. The minimum absolute atomic E-state index is 0.706. The molecular weight excluding hydrogens is 224 g/mol. The van der Waals surface area contributed by atoms with Crippen LogP contribution in [0, 0.1) is 13.8 Å². The average molecular weight is 244 g/mol. The van der Waals surface area contributed by atoms with Crippen LogP contribution in [0.15, 0.2) is 30.5 Å². The molecule has 1 aromatic heterocycles. The maximum atomic E-state index is 5.49. The van der Waals surface area contributed by atoms with Crippen LogP contribution in [0.3, 0.4) is 0 Å². The first-order valence-electron chi connectivity index (χ1n) is 6.28. The molecule has 0 atom stereocenters. The van der Waals surface area contributed by atoms with Crippen molar-refractivity contribution in [1.82, 2.24) is 9.78 Å². The lowest BCUT2D eigenvalue weighted by Crippen LogP contribution is -2.09. The number of nitrogens with one attached hydrogen (secondary N) is 1. The number of benzene rings is 1. The van der Waals surface area contributed by atoms with Crippen LogP contribution >= 0.6 is 0 Å². The van der Waals surface area contributed by atoms with Gasteiger partial charge in [0, 0.05) is 6.54 Å². The second kappa shape index (κ2) is 5.69. The second-order valence-electron chi connectivity index (χ2n) is 4.41. The molecule has 4 heteroatoms. The number of anilines is 1. The summed E-state index contributed by atoms with van der Waals surface area (Å²) in [6, 6.07) is 8.25. The number of para-hydroxylation sites is 1. The van der Waals surface area contributed by atoms with Gasteiger partial charge in [-0.25, -0.2) is 4.68 Å². The Morgan fingerprint density at radius 2 is 2.06 bits per heavy atom. The van der Waals surface area contributed by atoms with Crippen molar-refractivity contribution >= 4 is 5.69 Å². The van der Waals surface area contributed by atoms with Gasteiger partial charge in [-0.1, -0.05) is 18.2 Å². The first kappa shape index (κ1) is 12.6. The lowest BCUT2D eigenvalue weighted by atomic mass is 10.2. The molecule has 0 spiro atoms. The first-order valence-corrected chi connectivity index (χ1v) is 6.28. The van der Waals surface area contributed by atoms with E-state index in [1.165, 1.54) is 5.56 Å². The zero-order chi connectivity index (χ0) is 13.0. The van der Waals surface area contributed by atoms with Gasteiger partial charge in [-0.2, -0.15) is 5.10 Å². The van der Waals surface area contributed by atoms with E-state index in [2.05, 4.69) is 36.4 Å². The van der Waals surface area contributed by atoms with E-state index in [0.717, 1.165) is 30.0 Å². The summed E-state index contributed by atoms with van der Waals surface area (Å²) in [6.45, 7) is 5.76. The predicted octanol–water partition coefficient (Wildman–Crippen LogP) is 2.25. The molecule has 0 bridgehead atoms. The van der Waals surface area contributed by atoms with Crippen molar-refractivity contribution in [3.8, 4) is 5.69 Å². The van der Waals surface area contributed by atoms with Gasteiger partial charge in [-0.05, 0) is 38.4 Å². The van der Waals surface area contributed by atoms with Crippen LogP contribution in [0.4, 0.5) is 5.69 Å². The molecule has 18 heavy (non-hydrogen) atoms. The van der Waals surface area contributed by atoms with Crippen LogP contribution in [0.2, 0.25) is 0 Å². The number of nitrogens with two attached hydrogens (primary N) is 1. The van der Waals surface area contributed by atoms with Gasteiger partial charge < -0.3 is 11.1 Å². The number of hydrogen-bond acceptors (Lipinski definition) is 3. The fourth-order valence-electron chi connectivity index (χ4n) is 1.95. The van der Waals surface area contributed by atoms with E-state index in [4.69, 9.17) is 5.73 Å². The van der Waals surface area contributed by atoms with Crippen molar-refractivity contribution < 1.29 is 0 Å². The second-order valence-corrected chi connectivity index (χ2v) is 4.41. The molecule has 2 aromatic rings. The maximum absolute atomic E-state index is 5.49. The van der Waals surface area contributed by atoms with Gasteiger partial charge in [0.15, 0.2) is 0 Å². The SMILES string of the molecule is Cc1ccccc1-n1ncc(NCCCN)c1C. The maximum Gasteiger partial charge on any atom is 0.0761 e. The van der Waals surface area contributed by atoms with E-state index in [9.17, 15) is 0 Å². The summed E-state index contributed by atoms with van der Waals surface area (Å²) >= 11 is 0. The molecule has 0 saturated carbocycles. The molecule has 2 rings (SSSR count). The molecule has 0 aliphatic carbocycles. The standard InChI is InChI=1S/C14H20N4/c1-11-6-3-4-7-14(11)18-12(2)13(10-17-18)16-9-5-8-15/h3-4,6-7,10,16H,5,8-9,15H2,1-2H3. The van der Waals surface area contributed by atoms with Crippen molar-refractivity contribution in [1.29, 1.82) is 0 Å². The molecule has 0 aliphatic heterocycles. The Hall–Kier alpha value is -1.81. The number of hydrogen-bond donors (Lipinski definition) is 2. The summed E-state index contributed by atoms with van der Waals surface area (Å²) in [5.41, 5.74) is 10.0. The van der Waals surface area contributed by atoms with E-state index in [1.807, 2.05) is 23.0 Å². The lowest BCUT2D eigenvalue weighted by Gasteiger charge is -2.09. The Morgan fingerprint density at radius 1 is 1.28 bits per heavy atom. The molecule has 0 radical (unpaired) electrons. The molecule has 0 aliphatic rings. The lowest BCUT2D eigenvalue weighted by molar-refractivity contribution is 0.838. The van der Waals surface area contributed by atoms with Crippen molar-refractivity contribution in [3.63, 3.8) is 0 Å². The van der Waals surface area contributed by atoms with E-state index in [0.29, 0.717) is 6.54 Å². The van der Waals surface area contributed by atoms with Crippen LogP contribution in [0.25, 0.3) is 5.69 Å². The summed E-state index contributed by atoms with van der Waals surface area (Å²) in [5, 5.41) is 7.81. The van der Waals surface area contributed by atoms with E-state index >= 15 is 0 Å². The van der Waals surface area contributed by atoms with E-state index in [-0.39, 0.29) is 0 Å². The minimum Gasteiger partial charge on any atom is -0.382 e. The zero-order valence-electron chi connectivity index (χ0n) is 11.0. The fourth-order valence-corrected chi connectivity index (χ4v) is 1.95. The third-order valence-electron chi connectivity index (χ3n) is 3.05. The van der Waals surface area contributed by atoms with Gasteiger partial charge in [0.25, 0.3) is 0 Å². The molecule has 0 saturated heterocycles. The smallest absolute Gasteiger partial charge is 0.0761 e. The predicted molar refractivity (Wildman–Crippen MR) is 75.2 cm³/mol. The Morgan fingerprint density at radius 3 is 2.78 bits per heavy atom. The summed E-state index contributed by atoms with van der Waals surface area (Å²) in [6.07, 6.45) is 2.84. The highest BCUT2D eigenvalue weighted by atomic mass is 15.3. The van der Waals surface area contributed by atoms with Gasteiger partial charge in [0.1, 0.15) is 0 Å². The molecule has 1 heterocycles. The molecule has 0 amide bonds. The number of nitrogens with zero attached hydrogens (tertiary/aromatic N) is 2. The van der Waals surface area contributed by atoms with Crippen LogP contribution in [0.5, 0.6) is 0 Å². The van der Waals surface area contributed by atoms with Crippen molar-refractivity contribution in [2.24, 2.45) is 5.73 Å². The highest BCUT2D eigenvalue weighted by Crippen LogP contribution is 2.20. The van der Waals surface area contributed by atoms with Gasteiger partial charge in [-0.3, -0.25) is 0 Å². The minimum atomic E-state index is 0.706. The van der Waals surface area contributed by atoms with Gasteiger partial charge in [0.05, 0.1) is 23.3 Å². The number of aryl methyl sites for hydroxylation is 1. The summed E-state index contributed by atoms with van der Waals surface area (Å²) in [7, 11) is 0. The molecule has 0 unspecified atom stereocenters. The quantitative estimate of drug-likeness (QED) is 0.793. The van der Waals surface area contributed by atoms with Crippen LogP contribution in [-0.2, 0) is 0 Å². The molecule has 0 fully saturated rings. The Kier molecular flexibility index (Phi) is 3.99. The van der Waals surface area contributed by atoms with Gasteiger partial charge in [0.2, 0.25) is 0 Å². The van der Waals surface area contributed by atoms with Crippen LogP contribution in [-0.4, -0.2) is 22.9 Å². The highest BCUT2D eigenvalue weighted by Gasteiger charge is 2.08. The van der Waals surface area contributed by atoms with Crippen molar-refractivity contribution in [2.45, 2.75) is 20.3 Å². The fraction of sp³-hybridized carbons (Fsp3) is 0.357. The molecule has 96 valence electrons. The molecular formula is C14H20N4. The van der Waals surface area contributed by atoms with Gasteiger partial charge in [-0.15, -0.1) is 0 Å². The first-order chi connectivity index (χ1) is 8.74. The van der Waals surface area contributed by atoms with Gasteiger partial charge >= 0.3 is 0 Å². The highest BCUT2D eigenvalue weighted by molar-refractivity contribution is 5.51. The molecule has 3 N–H and O–H groups in total. The Balaban J connectivity index is 2.23. The summed E-state index contributed by atoms with van der Waals surface area (Å²) in [4.78, 5) is 0. The molecule has 1 aromatic carbocycles. The van der Waals surface area contributed by atoms with Crippen molar-refractivity contribution in [2.75, 3.05) is 18.4 Å². The monoisotopic (exact) mass is 244 g/mol. The van der Waals surface area contributed by atoms with Crippen LogP contribution < -0.4 is 11.1 Å². The Bertz CT molecular complexity index is 516. The van der Waals surface area contributed by atoms with Crippen LogP contribution in [0.1, 0.15) is 17.7 Å². The largest absolute Gasteiger partial charge is 0.382 e. The Labute approximate surface area is 108 Å². The zero-order valence-corrected chi connectivity index (χ0v) is 11.0. The third kappa shape index (κ3) is 2.54. The van der Waals surface area contributed by atoms with Crippen molar-refractivity contribution in [3.05, 3.63) is 41.7 Å².